The summed E-state index contributed by atoms with van der Waals surface area (Å²) in [6, 6.07) is 16.8. The molecule has 0 saturated carbocycles. The van der Waals surface area contributed by atoms with Crippen LogP contribution in [0.1, 0.15) is 57.7 Å². The molecule has 3 aromatic rings. The Balaban J connectivity index is 1.49. The van der Waals surface area contributed by atoms with Crippen LogP contribution in [-0.2, 0) is 6.42 Å². The normalized spacial score (nSPS) is 13.8. The SMILES string of the molecule is COc1ccc2c(c1)C(CC(=O)c1ccc(NC(=O)c3ccc(C)c([N+](=O)[O-])c3)cc1)=NC(C)(C)C2. The molecule has 8 heteroatoms. The number of aliphatic imine (C=N–C) groups is 1. The molecule has 1 heterocycles. The van der Waals surface area contributed by atoms with Crippen molar-refractivity contribution in [3.63, 3.8) is 0 Å². The summed E-state index contributed by atoms with van der Waals surface area (Å²) in [5.41, 5.74) is 3.99. The predicted molar refractivity (Wildman–Crippen MR) is 138 cm³/mol. The maximum atomic E-state index is 13.1. The Bertz CT molecular complexity index is 1390. The van der Waals surface area contributed by atoms with Crippen LogP contribution in [0.3, 0.4) is 0 Å². The van der Waals surface area contributed by atoms with Gasteiger partial charge in [-0.3, -0.25) is 24.7 Å². The van der Waals surface area contributed by atoms with Crippen LogP contribution in [0.15, 0.2) is 65.7 Å². The molecule has 1 N–H and O–H groups in total. The molecule has 3 aromatic carbocycles. The van der Waals surface area contributed by atoms with E-state index in [4.69, 9.17) is 9.73 Å². The first-order valence-corrected chi connectivity index (χ1v) is 11.5. The average Bonchev–Trinajstić information content (AvgIpc) is 2.83. The number of ketones is 1. The molecule has 36 heavy (non-hydrogen) atoms. The van der Waals surface area contributed by atoms with Crippen LogP contribution in [0.5, 0.6) is 5.75 Å². The monoisotopic (exact) mass is 485 g/mol. The number of hydrogen-bond donors (Lipinski definition) is 1. The minimum atomic E-state index is -0.515. The quantitative estimate of drug-likeness (QED) is 0.268. The van der Waals surface area contributed by atoms with Crippen LogP contribution < -0.4 is 10.1 Å². The van der Waals surface area contributed by atoms with E-state index in [1.165, 1.54) is 18.2 Å². The van der Waals surface area contributed by atoms with Crippen molar-refractivity contribution in [3.8, 4) is 5.75 Å². The Morgan fingerprint density at radius 1 is 1.06 bits per heavy atom. The van der Waals surface area contributed by atoms with Gasteiger partial charge in [-0.05, 0) is 75.2 Å². The summed E-state index contributed by atoms with van der Waals surface area (Å²) in [6.45, 7) is 5.71. The first kappa shape index (κ1) is 24.8. The summed E-state index contributed by atoms with van der Waals surface area (Å²) in [5.74, 6) is 0.154. The molecule has 0 atom stereocenters. The van der Waals surface area contributed by atoms with Crippen molar-refractivity contribution >= 4 is 28.8 Å². The van der Waals surface area contributed by atoms with E-state index >= 15 is 0 Å². The molecular weight excluding hydrogens is 458 g/mol. The standard InChI is InChI=1S/C28H27N3O5/c1-17-5-6-19(13-25(17)31(34)35)27(33)29-21-10-7-18(8-11-21)26(32)15-24-23-14-22(36-4)12-9-20(23)16-28(2,3)30-24/h5-14H,15-16H2,1-4H3,(H,29,33). The lowest BCUT2D eigenvalue weighted by Crippen LogP contribution is -2.30. The lowest BCUT2D eigenvalue weighted by molar-refractivity contribution is -0.385. The van der Waals surface area contributed by atoms with E-state index in [1.807, 2.05) is 32.0 Å². The van der Waals surface area contributed by atoms with Gasteiger partial charge in [0.05, 0.1) is 29.7 Å². The summed E-state index contributed by atoms with van der Waals surface area (Å²) < 4.78 is 5.36. The van der Waals surface area contributed by atoms with Gasteiger partial charge in [0.2, 0.25) is 0 Å². The number of fused-ring (bicyclic) bond motifs is 1. The number of amides is 1. The van der Waals surface area contributed by atoms with Crippen molar-refractivity contribution in [2.45, 2.75) is 39.2 Å². The fraction of sp³-hybridized carbons (Fsp3) is 0.250. The molecule has 0 bridgehead atoms. The summed E-state index contributed by atoms with van der Waals surface area (Å²) in [6.07, 6.45) is 0.922. The molecule has 0 spiro atoms. The van der Waals surface area contributed by atoms with Crippen molar-refractivity contribution in [1.29, 1.82) is 0 Å². The lowest BCUT2D eigenvalue weighted by Gasteiger charge is -2.29. The van der Waals surface area contributed by atoms with Gasteiger partial charge in [-0.15, -0.1) is 0 Å². The smallest absolute Gasteiger partial charge is 0.273 e. The van der Waals surface area contributed by atoms with Crippen LogP contribution in [0, 0.1) is 17.0 Å². The van der Waals surface area contributed by atoms with Gasteiger partial charge < -0.3 is 10.1 Å². The van der Waals surface area contributed by atoms with Crippen LogP contribution in [0.4, 0.5) is 11.4 Å². The summed E-state index contributed by atoms with van der Waals surface area (Å²) in [4.78, 5) is 41.2. The Kier molecular flexibility index (Phi) is 6.70. The number of nitrogens with zero attached hydrogens (tertiary/aromatic N) is 2. The Morgan fingerprint density at radius 3 is 2.42 bits per heavy atom. The highest BCUT2D eigenvalue weighted by molar-refractivity contribution is 6.17. The van der Waals surface area contributed by atoms with E-state index in [1.54, 1.807) is 38.3 Å². The van der Waals surface area contributed by atoms with Crippen LogP contribution in [0.25, 0.3) is 0 Å². The van der Waals surface area contributed by atoms with Gasteiger partial charge >= 0.3 is 0 Å². The summed E-state index contributed by atoms with van der Waals surface area (Å²) in [7, 11) is 1.61. The maximum Gasteiger partial charge on any atom is 0.273 e. The van der Waals surface area contributed by atoms with Gasteiger partial charge in [-0.25, -0.2) is 0 Å². The van der Waals surface area contributed by atoms with Gasteiger partial charge in [0.15, 0.2) is 5.78 Å². The van der Waals surface area contributed by atoms with Crippen LogP contribution >= 0.6 is 0 Å². The number of ether oxygens (including phenoxy) is 1. The highest BCUT2D eigenvalue weighted by Crippen LogP contribution is 2.31. The van der Waals surface area contributed by atoms with Gasteiger partial charge in [0, 0.05) is 34.0 Å². The van der Waals surface area contributed by atoms with Crippen molar-refractivity contribution in [2.24, 2.45) is 4.99 Å². The number of Topliss-reactive ketones (excluding diaryl/α,β-unsaturated/α-hetero) is 1. The zero-order valence-corrected chi connectivity index (χ0v) is 20.6. The fourth-order valence-corrected chi connectivity index (χ4v) is 4.32. The molecule has 184 valence electrons. The molecule has 1 amide bonds. The molecule has 0 aliphatic carbocycles. The molecular formula is C28H27N3O5. The maximum absolute atomic E-state index is 13.1. The number of carbonyl (C=O) groups excluding carboxylic acids is 2. The zero-order valence-electron chi connectivity index (χ0n) is 20.6. The molecule has 0 unspecified atom stereocenters. The number of carbonyl (C=O) groups is 2. The van der Waals surface area contributed by atoms with E-state index < -0.39 is 10.8 Å². The zero-order chi connectivity index (χ0) is 26.0. The number of methoxy groups -OCH3 is 1. The van der Waals surface area contributed by atoms with Gasteiger partial charge in [-0.1, -0.05) is 12.1 Å². The number of nitrogens with one attached hydrogen (secondary N) is 1. The molecule has 1 aliphatic rings. The Morgan fingerprint density at radius 2 is 1.75 bits per heavy atom. The van der Waals surface area contributed by atoms with E-state index in [0.29, 0.717) is 22.6 Å². The van der Waals surface area contributed by atoms with E-state index in [2.05, 4.69) is 5.32 Å². The average molecular weight is 486 g/mol. The molecule has 4 rings (SSSR count). The van der Waals surface area contributed by atoms with Crippen molar-refractivity contribution in [2.75, 3.05) is 12.4 Å². The van der Waals surface area contributed by atoms with Crippen molar-refractivity contribution in [1.82, 2.24) is 0 Å². The van der Waals surface area contributed by atoms with Gasteiger partial charge in [-0.2, -0.15) is 0 Å². The summed E-state index contributed by atoms with van der Waals surface area (Å²) in [5, 5.41) is 13.9. The van der Waals surface area contributed by atoms with Gasteiger partial charge in [0.1, 0.15) is 5.75 Å². The van der Waals surface area contributed by atoms with Crippen LogP contribution in [-0.4, -0.2) is 35.0 Å². The second-order valence-electron chi connectivity index (χ2n) is 9.46. The number of nitro benzene ring substituents is 1. The third-order valence-electron chi connectivity index (χ3n) is 6.15. The molecule has 1 aliphatic heterocycles. The van der Waals surface area contributed by atoms with E-state index in [9.17, 15) is 19.7 Å². The number of anilines is 1. The predicted octanol–water partition coefficient (Wildman–Crippen LogP) is 5.56. The first-order valence-electron chi connectivity index (χ1n) is 11.5. The second kappa shape index (κ2) is 9.73. The lowest BCUT2D eigenvalue weighted by atomic mass is 9.85. The molecule has 0 radical (unpaired) electrons. The third kappa shape index (κ3) is 5.33. The molecule has 0 aromatic heterocycles. The molecule has 8 nitrogen and oxygen atoms in total. The van der Waals surface area contributed by atoms with Crippen molar-refractivity contribution in [3.05, 3.63) is 98.6 Å². The van der Waals surface area contributed by atoms with Crippen molar-refractivity contribution < 1.29 is 19.2 Å². The number of rotatable bonds is 7. The number of nitro groups is 1. The van der Waals surface area contributed by atoms with E-state index in [0.717, 1.165) is 23.3 Å². The largest absolute Gasteiger partial charge is 0.497 e. The van der Waals surface area contributed by atoms with Crippen LogP contribution in [0.2, 0.25) is 0 Å². The van der Waals surface area contributed by atoms with E-state index in [-0.39, 0.29) is 29.0 Å². The number of aryl methyl sites for hydroxylation is 1. The molecule has 0 saturated heterocycles. The third-order valence-corrected chi connectivity index (χ3v) is 6.15. The molecule has 0 fully saturated rings. The topological polar surface area (TPSA) is 111 Å². The highest BCUT2D eigenvalue weighted by atomic mass is 16.6. The summed E-state index contributed by atoms with van der Waals surface area (Å²) >= 11 is 0. The highest BCUT2D eigenvalue weighted by Gasteiger charge is 2.28. The minimum absolute atomic E-state index is 0.0905. The minimum Gasteiger partial charge on any atom is -0.497 e. The fourth-order valence-electron chi connectivity index (χ4n) is 4.32. The second-order valence-corrected chi connectivity index (χ2v) is 9.46. The first-order chi connectivity index (χ1) is 17.1. The Hall–Kier alpha value is -4.33. The number of hydrogen-bond acceptors (Lipinski definition) is 6. The number of benzene rings is 3. The Labute approximate surface area is 209 Å². The van der Waals surface area contributed by atoms with Gasteiger partial charge in [0.25, 0.3) is 11.6 Å².